The molecule has 0 saturated carbocycles. The predicted octanol–water partition coefficient (Wildman–Crippen LogP) is 3.68. The number of aryl methyl sites for hydroxylation is 1. The number of methoxy groups -OCH3 is 1. The molecule has 3 heterocycles. The highest BCUT2D eigenvalue weighted by molar-refractivity contribution is 7.13. The summed E-state index contributed by atoms with van der Waals surface area (Å²) in [6.45, 7) is 4.21. The summed E-state index contributed by atoms with van der Waals surface area (Å²) < 4.78 is 16.2. The summed E-state index contributed by atoms with van der Waals surface area (Å²) in [4.78, 5) is 14.6. The Balaban J connectivity index is 1.71. The number of hydrogen-bond acceptors (Lipinski definition) is 8. The number of carbonyl (C=O) groups excluding carboxylic acids is 1. The Hall–Kier alpha value is -2.45. The van der Waals surface area contributed by atoms with Crippen LogP contribution in [-0.4, -0.2) is 35.2 Å². The van der Waals surface area contributed by atoms with Gasteiger partial charge in [-0.1, -0.05) is 6.07 Å². The molecule has 7 nitrogen and oxygen atoms in total. The van der Waals surface area contributed by atoms with Gasteiger partial charge in [-0.25, -0.2) is 4.79 Å². The summed E-state index contributed by atoms with van der Waals surface area (Å²) in [5, 5.41) is 10.2. The SMILES string of the molecule is COC(=O)c1cc(CN(C)C(C)c2nnc(-c3cccs3)o2)oc1C. The standard InChI is InChI=1S/C17H19N3O4S/c1-10(15-18-19-16(24-15)14-6-5-7-25-14)20(3)9-12-8-13(11(2)23-12)17(21)22-4/h5-8,10H,9H2,1-4H3. The molecule has 1 unspecified atom stereocenters. The lowest BCUT2D eigenvalue weighted by Gasteiger charge is -2.20. The van der Waals surface area contributed by atoms with Crippen molar-refractivity contribution >= 4 is 17.3 Å². The van der Waals surface area contributed by atoms with E-state index < -0.39 is 5.97 Å². The van der Waals surface area contributed by atoms with Gasteiger partial charge in [-0.15, -0.1) is 21.5 Å². The Morgan fingerprint density at radius 1 is 1.40 bits per heavy atom. The summed E-state index contributed by atoms with van der Waals surface area (Å²) in [5.41, 5.74) is 0.441. The van der Waals surface area contributed by atoms with Gasteiger partial charge < -0.3 is 13.6 Å². The van der Waals surface area contributed by atoms with Gasteiger partial charge in [0.2, 0.25) is 5.89 Å². The van der Waals surface area contributed by atoms with Crippen molar-refractivity contribution in [2.75, 3.05) is 14.2 Å². The Kier molecular flexibility index (Phi) is 5.00. The van der Waals surface area contributed by atoms with Gasteiger partial charge in [0.1, 0.15) is 17.1 Å². The van der Waals surface area contributed by atoms with E-state index in [1.807, 2.05) is 36.4 Å². The lowest BCUT2D eigenvalue weighted by atomic mass is 10.2. The first-order valence-electron chi connectivity index (χ1n) is 7.74. The van der Waals surface area contributed by atoms with Crippen LogP contribution in [0.1, 0.15) is 40.7 Å². The van der Waals surface area contributed by atoms with E-state index in [0.717, 1.165) is 4.88 Å². The quantitative estimate of drug-likeness (QED) is 0.619. The molecule has 0 amide bonds. The normalized spacial score (nSPS) is 12.5. The zero-order valence-corrected chi connectivity index (χ0v) is 15.3. The van der Waals surface area contributed by atoms with E-state index >= 15 is 0 Å². The number of aromatic nitrogens is 2. The van der Waals surface area contributed by atoms with Gasteiger partial charge in [0, 0.05) is 0 Å². The lowest BCUT2D eigenvalue weighted by Crippen LogP contribution is -2.22. The second-order valence-electron chi connectivity index (χ2n) is 5.69. The third-order valence-corrected chi connectivity index (χ3v) is 4.83. The van der Waals surface area contributed by atoms with E-state index in [-0.39, 0.29) is 6.04 Å². The summed E-state index contributed by atoms with van der Waals surface area (Å²) in [7, 11) is 3.28. The number of carbonyl (C=O) groups is 1. The van der Waals surface area contributed by atoms with Crippen LogP contribution in [0.15, 0.2) is 32.4 Å². The van der Waals surface area contributed by atoms with Gasteiger partial charge in [0.25, 0.3) is 5.89 Å². The van der Waals surface area contributed by atoms with Gasteiger partial charge in [0.15, 0.2) is 0 Å². The molecule has 0 aliphatic rings. The number of rotatable bonds is 6. The summed E-state index contributed by atoms with van der Waals surface area (Å²) in [6.07, 6.45) is 0. The second kappa shape index (κ2) is 7.20. The van der Waals surface area contributed by atoms with Crippen molar-refractivity contribution in [3.05, 3.63) is 46.6 Å². The summed E-state index contributed by atoms with van der Waals surface area (Å²) in [5.74, 6) is 1.86. The molecule has 0 radical (unpaired) electrons. The average molecular weight is 361 g/mol. The van der Waals surface area contributed by atoms with Gasteiger partial charge in [-0.2, -0.15) is 0 Å². The van der Waals surface area contributed by atoms with Crippen molar-refractivity contribution in [3.8, 4) is 10.8 Å². The molecule has 25 heavy (non-hydrogen) atoms. The Morgan fingerprint density at radius 2 is 2.20 bits per heavy atom. The smallest absolute Gasteiger partial charge is 0.341 e. The number of thiophene rings is 1. The maximum atomic E-state index is 11.7. The molecule has 1 atom stereocenters. The van der Waals surface area contributed by atoms with Crippen LogP contribution in [0.5, 0.6) is 0 Å². The van der Waals surface area contributed by atoms with Crippen LogP contribution in [0.3, 0.4) is 0 Å². The fourth-order valence-corrected chi connectivity index (χ4v) is 3.05. The lowest BCUT2D eigenvalue weighted by molar-refractivity contribution is 0.0599. The number of nitrogens with zero attached hydrogens (tertiary/aromatic N) is 3. The zero-order chi connectivity index (χ0) is 18.0. The van der Waals surface area contributed by atoms with Crippen LogP contribution in [0.4, 0.5) is 0 Å². The maximum absolute atomic E-state index is 11.7. The number of furan rings is 1. The molecule has 0 aliphatic heterocycles. The Labute approximate surface area is 149 Å². The maximum Gasteiger partial charge on any atom is 0.341 e. The molecule has 0 N–H and O–H groups in total. The molecule has 3 aromatic heterocycles. The van der Waals surface area contributed by atoms with Gasteiger partial charge in [-0.3, -0.25) is 4.90 Å². The van der Waals surface area contributed by atoms with E-state index in [0.29, 0.717) is 35.4 Å². The predicted molar refractivity (Wildman–Crippen MR) is 92.3 cm³/mol. The zero-order valence-electron chi connectivity index (χ0n) is 14.5. The molecule has 0 saturated heterocycles. The van der Waals surface area contributed by atoms with E-state index in [1.165, 1.54) is 7.11 Å². The van der Waals surface area contributed by atoms with E-state index in [9.17, 15) is 4.79 Å². The summed E-state index contributed by atoms with van der Waals surface area (Å²) in [6, 6.07) is 5.48. The molecule has 132 valence electrons. The minimum atomic E-state index is -0.402. The number of esters is 1. The van der Waals surface area contributed by atoms with Crippen LogP contribution >= 0.6 is 11.3 Å². The van der Waals surface area contributed by atoms with Crippen molar-refractivity contribution in [3.63, 3.8) is 0 Å². The van der Waals surface area contributed by atoms with Crippen LogP contribution in [0.2, 0.25) is 0 Å². The third-order valence-electron chi connectivity index (χ3n) is 3.97. The van der Waals surface area contributed by atoms with Gasteiger partial charge >= 0.3 is 5.97 Å². The first-order valence-corrected chi connectivity index (χ1v) is 8.62. The Morgan fingerprint density at radius 3 is 2.88 bits per heavy atom. The van der Waals surface area contributed by atoms with Crippen LogP contribution < -0.4 is 0 Å². The van der Waals surface area contributed by atoms with Crippen LogP contribution in [-0.2, 0) is 11.3 Å². The van der Waals surface area contributed by atoms with Crippen molar-refractivity contribution in [2.45, 2.75) is 26.4 Å². The van der Waals surface area contributed by atoms with Gasteiger partial charge in [-0.05, 0) is 38.4 Å². The van der Waals surface area contributed by atoms with E-state index in [1.54, 1.807) is 24.3 Å². The largest absolute Gasteiger partial charge is 0.465 e. The second-order valence-corrected chi connectivity index (χ2v) is 6.64. The number of hydrogen-bond donors (Lipinski definition) is 0. The molecule has 3 rings (SSSR count). The van der Waals surface area contributed by atoms with E-state index in [4.69, 9.17) is 13.6 Å². The number of ether oxygens (including phenoxy) is 1. The monoisotopic (exact) mass is 361 g/mol. The molecule has 3 aromatic rings. The fourth-order valence-electron chi connectivity index (χ4n) is 2.41. The molecular formula is C17H19N3O4S. The van der Waals surface area contributed by atoms with Crippen molar-refractivity contribution in [1.82, 2.24) is 15.1 Å². The minimum Gasteiger partial charge on any atom is -0.465 e. The first kappa shape index (κ1) is 17.4. The molecule has 0 aliphatic carbocycles. The Bertz CT molecular complexity index is 853. The van der Waals surface area contributed by atoms with Crippen LogP contribution in [0, 0.1) is 6.92 Å². The highest BCUT2D eigenvalue weighted by atomic mass is 32.1. The minimum absolute atomic E-state index is 0.104. The van der Waals surface area contributed by atoms with Crippen molar-refractivity contribution in [2.24, 2.45) is 0 Å². The molecule has 0 aromatic carbocycles. The molecule has 0 fully saturated rings. The molecular weight excluding hydrogens is 342 g/mol. The molecule has 8 heteroatoms. The van der Waals surface area contributed by atoms with E-state index in [2.05, 4.69) is 10.2 Å². The topological polar surface area (TPSA) is 81.6 Å². The van der Waals surface area contributed by atoms with Gasteiger partial charge in [0.05, 0.1) is 24.6 Å². The molecule has 0 spiro atoms. The van der Waals surface area contributed by atoms with Crippen molar-refractivity contribution in [1.29, 1.82) is 0 Å². The summed E-state index contributed by atoms with van der Waals surface area (Å²) >= 11 is 1.55. The fraction of sp³-hybridized carbons (Fsp3) is 0.353. The first-order chi connectivity index (χ1) is 12.0. The average Bonchev–Trinajstić information content (AvgIpc) is 3.33. The van der Waals surface area contributed by atoms with Crippen LogP contribution in [0.25, 0.3) is 10.8 Å². The molecule has 0 bridgehead atoms. The van der Waals surface area contributed by atoms with Crippen molar-refractivity contribution < 1.29 is 18.4 Å². The third kappa shape index (κ3) is 3.64. The highest BCUT2D eigenvalue weighted by Gasteiger charge is 2.22. The highest BCUT2D eigenvalue weighted by Crippen LogP contribution is 2.27.